The maximum Gasteiger partial charge on any atom is 0.373 e. The largest absolute Gasteiger partial charge is 0.463 e. The third-order valence-corrected chi connectivity index (χ3v) is 5.65. The second-order valence-electron chi connectivity index (χ2n) is 6.75. The Morgan fingerprint density at radius 2 is 1.97 bits per heavy atom. The Morgan fingerprint density at radius 1 is 1.17 bits per heavy atom. The minimum atomic E-state index is -0.622. The number of H-pyrrole nitrogens is 1. The van der Waals surface area contributed by atoms with Gasteiger partial charge in [-0.2, -0.15) is 0 Å². The molecular weight excluding hydrogens is 392 g/mol. The highest BCUT2D eigenvalue weighted by Crippen LogP contribution is 2.32. The van der Waals surface area contributed by atoms with Crippen LogP contribution in [0, 0.1) is 13.8 Å². The number of aromatic nitrogens is 2. The van der Waals surface area contributed by atoms with Gasteiger partial charge in [0.15, 0.2) is 0 Å². The van der Waals surface area contributed by atoms with Crippen molar-refractivity contribution >= 4 is 27.5 Å². The van der Waals surface area contributed by atoms with Crippen molar-refractivity contribution in [2.75, 3.05) is 7.11 Å². The van der Waals surface area contributed by atoms with Crippen LogP contribution in [0.15, 0.2) is 49.7 Å². The molecule has 3 heterocycles. The minimum Gasteiger partial charge on any atom is -0.463 e. The molecule has 0 atom stereocenters. The van der Waals surface area contributed by atoms with Crippen LogP contribution in [0.25, 0.3) is 21.3 Å². The molecule has 0 aliphatic carbocycles. The van der Waals surface area contributed by atoms with Crippen LogP contribution < -0.4 is 11.2 Å². The first-order valence-corrected chi connectivity index (χ1v) is 9.76. The van der Waals surface area contributed by atoms with Gasteiger partial charge >= 0.3 is 11.7 Å². The Morgan fingerprint density at radius 3 is 2.69 bits per heavy atom. The topological polar surface area (TPSA) is 94.3 Å². The van der Waals surface area contributed by atoms with Crippen LogP contribution >= 0.6 is 11.3 Å². The van der Waals surface area contributed by atoms with Crippen molar-refractivity contribution in [3.8, 4) is 11.1 Å². The van der Waals surface area contributed by atoms with Crippen molar-refractivity contribution in [3.63, 3.8) is 0 Å². The molecule has 0 saturated heterocycles. The van der Waals surface area contributed by atoms with Crippen molar-refractivity contribution in [1.82, 2.24) is 9.55 Å². The van der Waals surface area contributed by atoms with Gasteiger partial charge < -0.3 is 9.15 Å². The zero-order valence-electron chi connectivity index (χ0n) is 16.1. The number of aryl methyl sites for hydroxylation is 2. The zero-order valence-corrected chi connectivity index (χ0v) is 16.9. The van der Waals surface area contributed by atoms with Gasteiger partial charge in [0.2, 0.25) is 5.76 Å². The van der Waals surface area contributed by atoms with E-state index in [0.717, 1.165) is 26.8 Å². The van der Waals surface area contributed by atoms with Gasteiger partial charge in [0.25, 0.3) is 5.56 Å². The Kier molecular flexibility index (Phi) is 4.71. The number of carbonyl (C=O) groups excluding carboxylic acids is 1. The molecule has 0 amide bonds. The summed E-state index contributed by atoms with van der Waals surface area (Å²) in [5.74, 6) is -0.303. The molecule has 0 radical (unpaired) electrons. The van der Waals surface area contributed by atoms with E-state index < -0.39 is 17.2 Å². The first-order valence-electron chi connectivity index (χ1n) is 8.88. The summed E-state index contributed by atoms with van der Waals surface area (Å²) in [6.07, 6.45) is 0. The maximum absolute atomic E-state index is 13.2. The lowest BCUT2D eigenvalue weighted by molar-refractivity contribution is 0.0563. The van der Waals surface area contributed by atoms with Crippen molar-refractivity contribution in [2.45, 2.75) is 20.4 Å². The second-order valence-corrected chi connectivity index (χ2v) is 7.63. The van der Waals surface area contributed by atoms with Crippen LogP contribution in [0.1, 0.15) is 27.4 Å². The number of rotatable bonds is 4. The molecule has 0 saturated carbocycles. The highest BCUT2D eigenvalue weighted by molar-refractivity contribution is 7.17. The molecule has 0 spiro atoms. The number of fused-ring (bicyclic) bond motifs is 1. The average Bonchev–Trinajstić information content (AvgIpc) is 3.32. The third-order valence-electron chi connectivity index (χ3n) is 4.75. The average molecular weight is 410 g/mol. The molecule has 7 nitrogen and oxygen atoms in total. The Labute approximate surface area is 169 Å². The summed E-state index contributed by atoms with van der Waals surface area (Å²) in [5.41, 5.74) is 2.98. The number of carbonyl (C=O) groups is 1. The molecule has 1 aromatic carbocycles. The molecule has 148 valence electrons. The number of esters is 1. The van der Waals surface area contributed by atoms with Crippen LogP contribution in [0.2, 0.25) is 0 Å². The molecule has 4 aromatic rings. The summed E-state index contributed by atoms with van der Waals surface area (Å²) in [5, 5.41) is 2.34. The molecule has 0 unspecified atom stereocenters. The highest BCUT2D eigenvalue weighted by Gasteiger charge is 2.18. The summed E-state index contributed by atoms with van der Waals surface area (Å²) in [7, 11) is 1.25. The van der Waals surface area contributed by atoms with Gasteiger partial charge in [-0.25, -0.2) is 9.59 Å². The first-order chi connectivity index (χ1) is 13.9. The van der Waals surface area contributed by atoms with E-state index >= 15 is 0 Å². The number of hydrogen-bond donors (Lipinski definition) is 1. The van der Waals surface area contributed by atoms with Crippen LogP contribution in [0.5, 0.6) is 0 Å². The number of methoxy groups -OCH3 is 1. The molecule has 8 heteroatoms. The SMILES string of the molecule is COC(=O)c1ccc(Cn2c(=O)[nH]c3scc(-c4ccc(C)cc4C)c3c2=O)o1. The fourth-order valence-corrected chi connectivity index (χ4v) is 4.28. The first kappa shape index (κ1) is 18.9. The normalized spacial score (nSPS) is 11.1. The molecular formula is C21H18N2O5S. The van der Waals surface area contributed by atoms with Gasteiger partial charge in [0.05, 0.1) is 19.0 Å². The number of nitrogens with one attached hydrogen (secondary N) is 1. The summed E-state index contributed by atoms with van der Waals surface area (Å²) in [6.45, 7) is 3.91. The van der Waals surface area contributed by atoms with Crippen molar-refractivity contribution in [3.05, 3.63) is 79.2 Å². The van der Waals surface area contributed by atoms with E-state index in [1.807, 2.05) is 31.4 Å². The summed E-state index contributed by atoms with van der Waals surface area (Å²) >= 11 is 1.32. The second kappa shape index (κ2) is 7.21. The lowest BCUT2D eigenvalue weighted by Crippen LogP contribution is -2.35. The third kappa shape index (κ3) is 3.31. The van der Waals surface area contributed by atoms with E-state index in [2.05, 4.69) is 15.8 Å². The molecule has 1 N–H and O–H groups in total. The molecule has 0 aliphatic rings. The molecule has 3 aromatic heterocycles. The fraction of sp³-hybridized carbons (Fsp3) is 0.190. The lowest BCUT2D eigenvalue weighted by Gasteiger charge is -2.07. The Balaban J connectivity index is 1.84. The number of ether oxygens (including phenoxy) is 1. The Bertz CT molecular complexity index is 1360. The van der Waals surface area contributed by atoms with Gasteiger partial charge in [0.1, 0.15) is 10.6 Å². The number of furan rings is 1. The van der Waals surface area contributed by atoms with E-state index in [-0.39, 0.29) is 12.3 Å². The number of hydrogen-bond acceptors (Lipinski definition) is 6. The molecule has 29 heavy (non-hydrogen) atoms. The summed E-state index contributed by atoms with van der Waals surface area (Å²) < 4.78 is 11.1. The van der Waals surface area contributed by atoms with Gasteiger partial charge in [-0.1, -0.05) is 23.8 Å². The smallest absolute Gasteiger partial charge is 0.373 e. The lowest BCUT2D eigenvalue weighted by atomic mass is 9.99. The Hall–Kier alpha value is -3.39. The van der Waals surface area contributed by atoms with Crippen LogP contribution in [0.3, 0.4) is 0 Å². The van der Waals surface area contributed by atoms with Crippen LogP contribution in [-0.2, 0) is 11.3 Å². The van der Waals surface area contributed by atoms with Crippen LogP contribution in [-0.4, -0.2) is 22.6 Å². The van der Waals surface area contributed by atoms with Gasteiger partial charge in [-0.05, 0) is 37.1 Å². The summed E-state index contributed by atoms with van der Waals surface area (Å²) in [6, 6.07) is 9.02. The fourth-order valence-electron chi connectivity index (χ4n) is 3.34. The van der Waals surface area contributed by atoms with E-state index in [9.17, 15) is 14.4 Å². The van der Waals surface area contributed by atoms with E-state index in [1.54, 1.807) is 6.07 Å². The van der Waals surface area contributed by atoms with Gasteiger partial charge in [0, 0.05) is 10.9 Å². The quantitative estimate of drug-likeness (QED) is 0.520. The van der Waals surface area contributed by atoms with Gasteiger partial charge in [-0.15, -0.1) is 11.3 Å². The number of benzene rings is 1. The molecule has 0 fully saturated rings. The number of thiophene rings is 1. The minimum absolute atomic E-state index is 0.0135. The number of aromatic amines is 1. The van der Waals surface area contributed by atoms with Crippen molar-refractivity contribution in [1.29, 1.82) is 0 Å². The molecule has 0 aliphatic heterocycles. The number of nitrogens with zero attached hydrogens (tertiary/aromatic N) is 1. The molecule has 0 bridgehead atoms. The monoisotopic (exact) mass is 410 g/mol. The van der Waals surface area contributed by atoms with Gasteiger partial charge in [-0.3, -0.25) is 14.3 Å². The van der Waals surface area contributed by atoms with Crippen molar-refractivity contribution < 1.29 is 13.9 Å². The predicted molar refractivity (Wildman–Crippen MR) is 111 cm³/mol. The van der Waals surface area contributed by atoms with E-state index in [4.69, 9.17) is 4.42 Å². The van der Waals surface area contributed by atoms with E-state index in [1.165, 1.54) is 24.5 Å². The zero-order chi connectivity index (χ0) is 20.7. The summed E-state index contributed by atoms with van der Waals surface area (Å²) in [4.78, 5) is 40.6. The van der Waals surface area contributed by atoms with Crippen LogP contribution in [0.4, 0.5) is 0 Å². The van der Waals surface area contributed by atoms with Crippen molar-refractivity contribution in [2.24, 2.45) is 0 Å². The highest BCUT2D eigenvalue weighted by atomic mass is 32.1. The van der Waals surface area contributed by atoms with E-state index in [0.29, 0.717) is 16.0 Å². The predicted octanol–water partition coefficient (Wildman–Crippen LogP) is 3.46. The standard InChI is InChI=1S/C21H18N2O5S/c1-11-4-6-14(12(2)8-11)15-10-29-18-17(15)19(24)23(21(26)22-18)9-13-5-7-16(28-13)20(25)27-3/h4-8,10H,9H2,1-3H3,(H,22,26). The maximum atomic E-state index is 13.2. The molecule has 4 rings (SSSR count).